The van der Waals surface area contributed by atoms with E-state index in [1.54, 1.807) is 31.2 Å². The highest BCUT2D eigenvalue weighted by molar-refractivity contribution is 5.92. The summed E-state index contributed by atoms with van der Waals surface area (Å²) in [6.07, 6.45) is 0.354. The van der Waals surface area contributed by atoms with Crippen molar-refractivity contribution >= 4 is 23.3 Å². The number of anilines is 2. The highest BCUT2D eigenvalue weighted by Gasteiger charge is 2.07. The standard InChI is InChI=1S/C20H24N2O3/c1-4-25-20(24)16-7-9-17(10-8-16)21-12-11-19(23)22-18-13-14(2)5-6-15(18)3/h5-10,13,21H,4,11-12H2,1-3H3,(H,22,23). The zero-order chi connectivity index (χ0) is 18.2. The number of aryl methyl sites for hydroxylation is 2. The van der Waals surface area contributed by atoms with Crippen LogP contribution in [0.3, 0.4) is 0 Å². The molecule has 2 aromatic carbocycles. The Morgan fingerprint density at radius 3 is 2.44 bits per heavy atom. The molecule has 2 aromatic rings. The summed E-state index contributed by atoms with van der Waals surface area (Å²) in [5.74, 6) is -0.369. The molecule has 0 aromatic heterocycles. The zero-order valence-corrected chi connectivity index (χ0v) is 14.9. The molecule has 0 atom stereocenters. The molecule has 0 fully saturated rings. The van der Waals surface area contributed by atoms with Crippen molar-refractivity contribution in [1.82, 2.24) is 0 Å². The SMILES string of the molecule is CCOC(=O)c1ccc(NCCC(=O)Nc2cc(C)ccc2C)cc1. The summed E-state index contributed by atoms with van der Waals surface area (Å²) in [5, 5.41) is 6.11. The van der Waals surface area contributed by atoms with Crippen molar-refractivity contribution in [2.45, 2.75) is 27.2 Å². The summed E-state index contributed by atoms with van der Waals surface area (Å²) in [6.45, 7) is 6.61. The molecule has 5 nitrogen and oxygen atoms in total. The number of nitrogens with one attached hydrogen (secondary N) is 2. The van der Waals surface area contributed by atoms with Crippen LogP contribution in [0.15, 0.2) is 42.5 Å². The van der Waals surface area contributed by atoms with E-state index in [0.717, 1.165) is 22.5 Å². The lowest BCUT2D eigenvalue weighted by atomic mass is 10.1. The fourth-order valence-electron chi connectivity index (χ4n) is 2.34. The summed E-state index contributed by atoms with van der Waals surface area (Å²) in [6, 6.07) is 13.0. The molecule has 5 heteroatoms. The molecular formula is C20H24N2O3. The molecule has 0 heterocycles. The van der Waals surface area contributed by atoms with E-state index >= 15 is 0 Å². The third kappa shape index (κ3) is 5.64. The van der Waals surface area contributed by atoms with E-state index in [1.165, 1.54) is 0 Å². The highest BCUT2D eigenvalue weighted by atomic mass is 16.5. The number of ether oxygens (including phenoxy) is 1. The van der Waals surface area contributed by atoms with Crippen molar-refractivity contribution in [3.8, 4) is 0 Å². The Morgan fingerprint density at radius 1 is 1.04 bits per heavy atom. The monoisotopic (exact) mass is 340 g/mol. The van der Waals surface area contributed by atoms with Gasteiger partial charge < -0.3 is 15.4 Å². The number of amides is 1. The van der Waals surface area contributed by atoms with E-state index in [9.17, 15) is 9.59 Å². The molecule has 1 amide bonds. The van der Waals surface area contributed by atoms with Crippen LogP contribution in [-0.2, 0) is 9.53 Å². The molecule has 132 valence electrons. The molecule has 0 bridgehead atoms. The molecular weight excluding hydrogens is 316 g/mol. The van der Waals surface area contributed by atoms with Gasteiger partial charge in [0.15, 0.2) is 0 Å². The molecule has 25 heavy (non-hydrogen) atoms. The van der Waals surface area contributed by atoms with Gasteiger partial charge in [-0.15, -0.1) is 0 Å². The van der Waals surface area contributed by atoms with Crippen LogP contribution in [0.1, 0.15) is 34.8 Å². The molecule has 2 rings (SSSR count). The molecule has 0 spiro atoms. The van der Waals surface area contributed by atoms with Gasteiger partial charge in [-0.1, -0.05) is 12.1 Å². The van der Waals surface area contributed by atoms with Crippen molar-refractivity contribution in [1.29, 1.82) is 0 Å². The number of carbonyl (C=O) groups excluding carboxylic acids is 2. The smallest absolute Gasteiger partial charge is 0.338 e. The maximum absolute atomic E-state index is 12.1. The van der Waals surface area contributed by atoms with Gasteiger partial charge in [0.05, 0.1) is 12.2 Å². The number of carbonyl (C=O) groups is 2. The lowest BCUT2D eigenvalue weighted by molar-refractivity contribution is -0.115. The van der Waals surface area contributed by atoms with Gasteiger partial charge in [0.1, 0.15) is 0 Å². The molecule has 0 saturated carbocycles. The Kier molecular flexibility index (Phi) is 6.57. The lowest BCUT2D eigenvalue weighted by Gasteiger charge is -2.10. The topological polar surface area (TPSA) is 67.4 Å². The molecule has 0 aliphatic carbocycles. The van der Waals surface area contributed by atoms with E-state index in [1.807, 2.05) is 32.0 Å². The van der Waals surface area contributed by atoms with Gasteiger partial charge >= 0.3 is 5.97 Å². The van der Waals surface area contributed by atoms with Crippen molar-refractivity contribution in [3.05, 3.63) is 59.2 Å². The Balaban J connectivity index is 1.81. The summed E-state index contributed by atoms with van der Waals surface area (Å²) in [4.78, 5) is 23.7. The minimum atomic E-state index is -0.332. The zero-order valence-electron chi connectivity index (χ0n) is 14.9. The van der Waals surface area contributed by atoms with E-state index in [4.69, 9.17) is 4.74 Å². The van der Waals surface area contributed by atoms with Crippen LogP contribution in [0.5, 0.6) is 0 Å². The third-order valence-corrected chi connectivity index (χ3v) is 3.74. The quantitative estimate of drug-likeness (QED) is 0.750. The van der Waals surface area contributed by atoms with Crippen LogP contribution in [0, 0.1) is 13.8 Å². The number of esters is 1. The fourth-order valence-corrected chi connectivity index (χ4v) is 2.34. The number of rotatable bonds is 7. The number of benzene rings is 2. The van der Waals surface area contributed by atoms with Crippen molar-refractivity contribution in [2.75, 3.05) is 23.8 Å². The van der Waals surface area contributed by atoms with Crippen molar-refractivity contribution < 1.29 is 14.3 Å². The largest absolute Gasteiger partial charge is 0.462 e. The Labute approximate surface area is 148 Å². The lowest BCUT2D eigenvalue weighted by Crippen LogP contribution is -2.17. The van der Waals surface area contributed by atoms with E-state index in [2.05, 4.69) is 10.6 Å². The first kappa shape index (κ1) is 18.5. The second-order valence-corrected chi connectivity index (χ2v) is 5.84. The van der Waals surface area contributed by atoms with Crippen LogP contribution in [-0.4, -0.2) is 25.0 Å². The molecule has 0 saturated heterocycles. The van der Waals surface area contributed by atoms with Gasteiger partial charge in [0.25, 0.3) is 0 Å². The number of hydrogen-bond donors (Lipinski definition) is 2. The summed E-state index contributed by atoms with van der Waals surface area (Å²) in [7, 11) is 0. The first-order valence-corrected chi connectivity index (χ1v) is 8.37. The van der Waals surface area contributed by atoms with Gasteiger partial charge in [0, 0.05) is 24.3 Å². The summed E-state index contributed by atoms with van der Waals surface area (Å²) in [5.41, 5.74) is 4.37. The van der Waals surface area contributed by atoms with Crippen LogP contribution in [0.4, 0.5) is 11.4 Å². The second kappa shape index (κ2) is 8.87. The van der Waals surface area contributed by atoms with Crippen molar-refractivity contribution in [2.24, 2.45) is 0 Å². The Morgan fingerprint density at radius 2 is 1.76 bits per heavy atom. The average molecular weight is 340 g/mol. The van der Waals surface area contributed by atoms with Gasteiger partial charge in [-0.2, -0.15) is 0 Å². The maximum Gasteiger partial charge on any atom is 0.338 e. The summed E-state index contributed by atoms with van der Waals surface area (Å²) >= 11 is 0. The Bertz CT molecular complexity index is 739. The van der Waals surface area contributed by atoms with Gasteiger partial charge in [0.2, 0.25) is 5.91 Å². The molecule has 0 aliphatic heterocycles. The number of hydrogen-bond acceptors (Lipinski definition) is 4. The van der Waals surface area contributed by atoms with Gasteiger partial charge in [-0.3, -0.25) is 4.79 Å². The average Bonchev–Trinajstić information content (AvgIpc) is 2.59. The van der Waals surface area contributed by atoms with E-state index < -0.39 is 0 Å². The minimum absolute atomic E-state index is 0.0376. The van der Waals surface area contributed by atoms with Crippen molar-refractivity contribution in [3.63, 3.8) is 0 Å². The predicted molar refractivity (Wildman–Crippen MR) is 100 cm³/mol. The van der Waals surface area contributed by atoms with E-state index in [0.29, 0.717) is 25.1 Å². The van der Waals surface area contributed by atoms with E-state index in [-0.39, 0.29) is 11.9 Å². The fraction of sp³-hybridized carbons (Fsp3) is 0.300. The third-order valence-electron chi connectivity index (χ3n) is 3.74. The molecule has 0 aliphatic rings. The highest BCUT2D eigenvalue weighted by Crippen LogP contribution is 2.16. The second-order valence-electron chi connectivity index (χ2n) is 5.84. The Hall–Kier alpha value is -2.82. The molecule has 2 N–H and O–H groups in total. The first-order valence-electron chi connectivity index (χ1n) is 8.37. The predicted octanol–water partition coefficient (Wildman–Crippen LogP) is 3.92. The normalized spacial score (nSPS) is 10.2. The molecule has 0 radical (unpaired) electrons. The van der Waals surface area contributed by atoms with Crippen LogP contribution >= 0.6 is 0 Å². The maximum atomic E-state index is 12.1. The van der Waals surface area contributed by atoms with Gasteiger partial charge in [-0.25, -0.2) is 4.79 Å². The minimum Gasteiger partial charge on any atom is -0.462 e. The van der Waals surface area contributed by atoms with Crippen LogP contribution < -0.4 is 10.6 Å². The van der Waals surface area contributed by atoms with Gasteiger partial charge in [-0.05, 0) is 62.2 Å². The van der Waals surface area contributed by atoms with Crippen LogP contribution in [0.25, 0.3) is 0 Å². The first-order chi connectivity index (χ1) is 12.0. The molecule has 0 unspecified atom stereocenters. The summed E-state index contributed by atoms with van der Waals surface area (Å²) < 4.78 is 4.94. The van der Waals surface area contributed by atoms with Crippen LogP contribution in [0.2, 0.25) is 0 Å².